The largest absolute Gasteiger partial charge is 0.375 e. The lowest BCUT2D eigenvalue weighted by Gasteiger charge is -2.33. The second-order valence-corrected chi connectivity index (χ2v) is 5.48. The van der Waals surface area contributed by atoms with E-state index in [1.807, 2.05) is 12.1 Å². The van der Waals surface area contributed by atoms with Gasteiger partial charge in [-0.3, -0.25) is 4.79 Å². The smallest absolute Gasteiger partial charge is 0.248 e. The Morgan fingerprint density at radius 3 is 2.68 bits per heavy atom. The number of ether oxygens (including phenoxy) is 1. The molecule has 0 saturated heterocycles. The van der Waals surface area contributed by atoms with Crippen molar-refractivity contribution in [1.29, 1.82) is 0 Å². The van der Waals surface area contributed by atoms with Crippen LogP contribution in [0.15, 0.2) is 24.3 Å². The van der Waals surface area contributed by atoms with Crippen LogP contribution in [0.3, 0.4) is 0 Å². The summed E-state index contributed by atoms with van der Waals surface area (Å²) in [6, 6.07) is 7.22. The van der Waals surface area contributed by atoms with Gasteiger partial charge in [0.25, 0.3) is 0 Å². The molecule has 104 valence electrons. The summed E-state index contributed by atoms with van der Waals surface area (Å²) in [7, 11) is 0. The summed E-state index contributed by atoms with van der Waals surface area (Å²) in [6.45, 7) is 1.05. The predicted molar refractivity (Wildman–Crippen MR) is 74.6 cm³/mol. The minimum absolute atomic E-state index is 0.167. The minimum atomic E-state index is -0.413. The summed E-state index contributed by atoms with van der Waals surface area (Å²) >= 11 is 0. The van der Waals surface area contributed by atoms with Gasteiger partial charge in [0.2, 0.25) is 5.91 Å². The Bertz CT molecular complexity index is 440. The van der Waals surface area contributed by atoms with Gasteiger partial charge in [0.1, 0.15) is 0 Å². The zero-order valence-corrected chi connectivity index (χ0v) is 11.2. The van der Waals surface area contributed by atoms with Crippen molar-refractivity contribution in [2.75, 3.05) is 6.61 Å². The van der Waals surface area contributed by atoms with Gasteiger partial charge in [-0.15, -0.1) is 0 Å². The highest BCUT2D eigenvalue weighted by Gasteiger charge is 2.27. The first kappa shape index (κ1) is 14.0. The Kier molecular flexibility index (Phi) is 4.56. The van der Waals surface area contributed by atoms with Crippen LogP contribution in [0.4, 0.5) is 0 Å². The monoisotopic (exact) mass is 262 g/mol. The third-order valence-corrected chi connectivity index (χ3v) is 3.72. The average Bonchev–Trinajstić information content (AvgIpc) is 2.39. The third-order valence-electron chi connectivity index (χ3n) is 3.72. The second kappa shape index (κ2) is 6.17. The van der Waals surface area contributed by atoms with Gasteiger partial charge in [-0.25, -0.2) is 0 Å². The fourth-order valence-electron chi connectivity index (χ4n) is 2.59. The Hall–Kier alpha value is -1.39. The number of rotatable bonds is 5. The number of carbonyl (C=O) groups is 1. The Morgan fingerprint density at radius 1 is 1.26 bits per heavy atom. The van der Waals surface area contributed by atoms with Gasteiger partial charge >= 0.3 is 0 Å². The molecule has 0 heterocycles. The maximum Gasteiger partial charge on any atom is 0.248 e. The van der Waals surface area contributed by atoms with E-state index in [-0.39, 0.29) is 5.54 Å². The predicted octanol–water partition coefficient (Wildman–Crippen LogP) is 1.96. The zero-order valence-electron chi connectivity index (χ0n) is 11.2. The van der Waals surface area contributed by atoms with E-state index in [9.17, 15) is 4.79 Å². The molecule has 0 aliphatic heterocycles. The van der Waals surface area contributed by atoms with E-state index in [4.69, 9.17) is 16.2 Å². The summed E-state index contributed by atoms with van der Waals surface area (Å²) in [6.07, 6.45) is 5.73. The molecule has 1 amide bonds. The van der Waals surface area contributed by atoms with Crippen LogP contribution in [0.2, 0.25) is 0 Å². The van der Waals surface area contributed by atoms with E-state index in [1.165, 1.54) is 19.3 Å². The fraction of sp³-hybridized carbons (Fsp3) is 0.533. The van der Waals surface area contributed by atoms with Gasteiger partial charge in [-0.05, 0) is 30.5 Å². The van der Waals surface area contributed by atoms with E-state index < -0.39 is 5.91 Å². The Morgan fingerprint density at radius 2 is 2.00 bits per heavy atom. The molecular weight excluding hydrogens is 240 g/mol. The van der Waals surface area contributed by atoms with E-state index in [1.54, 1.807) is 12.1 Å². The number of nitrogens with two attached hydrogens (primary N) is 2. The van der Waals surface area contributed by atoms with Crippen LogP contribution in [-0.2, 0) is 11.3 Å². The molecular formula is C15H22N2O2. The van der Waals surface area contributed by atoms with Crippen molar-refractivity contribution in [2.45, 2.75) is 44.2 Å². The summed E-state index contributed by atoms with van der Waals surface area (Å²) in [5.74, 6) is -0.413. The molecule has 1 aliphatic carbocycles. The minimum Gasteiger partial charge on any atom is -0.375 e. The molecule has 4 N–H and O–H groups in total. The molecule has 1 aromatic carbocycles. The summed E-state index contributed by atoms with van der Waals surface area (Å²) in [4.78, 5) is 11.1. The Labute approximate surface area is 114 Å². The molecule has 0 aromatic heterocycles. The molecule has 1 aliphatic rings. The molecule has 0 atom stereocenters. The van der Waals surface area contributed by atoms with E-state index in [0.29, 0.717) is 18.8 Å². The van der Waals surface area contributed by atoms with Crippen LogP contribution in [0, 0.1) is 0 Å². The van der Waals surface area contributed by atoms with Crippen LogP contribution in [-0.4, -0.2) is 18.1 Å². The maximum absolute atomic E-state index is 11.1. The van der Waals surface area contributed by atoms with Crippen molar-refractivity contribution in [3.05, 3.63) is 35.4 Å². The van der Waals surface area contributed by atoms with Crippen molar-refractivity contribution in [3.63, 3.8) is 0 Å². The van der Waals surface area contributed by atoms with E-state index in [0.717, 1.165) is 18.4 Å². The van der Waals surface area contributed by atoms with Crippen LogP contribution >= 0.6 is 0 Å². The molecule has 4 heteroatoms. The lowest BCUT2D eigenvalue weighted by molar-refractivity contribution is 0.0574. The highest BCUT2D eigenvalue weighted by molar-refractivity contribution is 5.92. The molecule has 0 bridgehead atoms. The molecule has 1 aromatic rings. The fourth-order valence-corrected chi connectivity index (χ4v) is 2.59. The molecule has 19 heavy (non-hydrogen) atoms. The lowest BCUT2D eigenvalue weighted by Crippen LogP contribution is -2.46. The average molecular weight is 262 g/mol. The summed E-state index contributed by atoms with van der Waals surface area (Å²) in [5.41, 5.74) is 12.9. The van der Waals surface area contributed by atoms with E-state index in [2.05, 4.69) is 0 Å². The highest BCUT2D eigenvalue weighted by Crippen LogP contribution is 2.26. The van der Waals surface area contributed by atoms with Crippen LogP contribution < -0.4 is 11.5 Å². The van der Waals surface area contributed by atoms with Crippen LogP contribution in [0.1, 0.15) is 48.0 Å². The standard InChI is InChI=1S/C15H22N2O2/c16-14(18)13-6-4-5-12(9-13)10-19-11-15(17)7-2-1-3-8-15/h4-6,9H,1-3,7-8,10-11,17H2,(H2,16,18). The van der Waals surface area contributed by atoms with Gasteiger partial charge in [0.15, 0.2) is 0 Å². The number of hydrogen-bond acceptors (Lipinski definition) is 3. The van der Waals surface area contributed by atoms with Crippen LogP contribution in [0.25, 0.3) is 0 Å². The number of carbonyl (C=O) groups excluding carboxylic acids is 1. The van der Waals surface area contributed by atoms with Crippen molar-refractivity contribution in [2.24, 2.45) is 11.5 Å². The first-order valence-corrected chi connectivity index (χ1v) is 6.84. The Balaban J connectivity index is 1.85. The molecule has 2 rings (SSSR count). The topological polar surface area (TPSA) is 78.3 Å². The third kappa shape index (κ3) is 4.04. The van der Waals surface area contributed by atoms with Gasteiger partial charge < -0.3 is 16.2 Å². The first-order valence-electron chi connectivity index (χ1n) is 6.84. The normalized spacial score (nSPS) is 18.2. The van der Waals surface area contributed by atoms with Gasteiger partial charge in [0.05, 0.1) is 13.2 Å². The van der Waals surface area contributed by atoms with Crippen molar-refractivity contribution in [3.8, 4) is 0 Å². The summed E-state index contributed by atoms with van der Waals surface area (Å²) < 4.78 is 5.72. The number of amides is 1. The first-order chi connectivity index (χ1) is 9.09. The van der Waals surface area contributed by atoms with Gasteiger partial charge in [0, 0.05) is 11.1 Å². The molecule has 0 spiro atoms. The van der Waals surface area contributed by atoms with Crippen molar-refractivity contribution in [1.82, 2.24) is 0 Å². The van der Waals surface area contributed by atoms with Crippen molar-refractivity contribution >= 4 is 5.91 Å². The van der Waals surface area contributed by atoms with Gasteiger partial charge in [-0.2, -0.15) is 0 Å². The highest BCUT2D eigenvalue weighted by atomic mass is 16.5. The number of benzene rings is 1. The molecule has 1 fully saturated rings. The quantitative estimate of drug-likeness (QED) is 0.851. The SMILES string of the molecule is NC(=O)c1cccc(COCC2(N)CCCCC2)c1. The lowest BCUT2D eigenvalue weighted by atomic mass is 9.83. The molecule has 1 saturated carbocycles. The van der Waals surface area contributed by atoms with Gasteiger partial charge in [-0.1, -0.05) is 31.4 Å². The van der Waals surface area contributed by atoms with Crippen LogP contribution in [0.5, 0.6) is 0 Å². The summed E-state index contributed by atoms with van der Waals surface area (Å²) in [5, 5.41) is 0. The zero-order chi connectivity index (χ0) is 13.7. The van der Waals surface area contributed by atoms with E-state index >= 15 is 0 Å². The number of hydrogen-bond donors (Lipinski definition) is 2. The molecule has 0 unspecified atom stereocenters. The molecule has 4 nitrogen and oxygen atoms in total. The number of primary amides is 1. The molecule has 0 radical (unpaired) electrons. The second-order valence-electron chi connectivity index (χ2n) is 5.48. The van der Waals surface area contributed by atoms with Crippen molar-refractivity contribution < 1.29 is 9.53 Å². The maximum atomic E-state index is 11.1.